The summed E-state index contributed by atoms with van der Waals surface area (Å²) in [6.07, 6.45) is 0. The van der Waals surface area contributed by atoms with Crippen molar-refractivity contribution >= 4 is 42.2 Å². The largest absolute Gasteiger partial charge is 0.383 e. The fourth-order valence-electron chi connectivity index (χ4n) is 3.71. The van der Waals surface area contributed by atoms with Crippen molar-refractivity contribution in [2.45, 2.75) is 23.6 Å². The van der Waals surface area contributed by atoms with E-state index in [1.807, 2.05) is 38.1 Å². The summed E-state index contributed by atoms with van der Waals surface area (Å²) in [5.41, 5.74) is 0.696. The number of fused-ring (bicyclic) bond motifs is 1. The van der Waals surface area contributed by atoms with Gasteiger partial charge in [0.1, 0.15) is 0 Å². The summed E-state index contributed by atoms with van der Waals surface area (Å²) in [6.45, 7) is 5.83. The molecule has 1 aliphatic heterocycles. The lowest BCUT2D eigenvalue weighted by Crippen LogP contribution is -2.40. The number of hydrogen-bond donors (Lipinski definition) is 2. The van der Waals surface area contributed by atoms with Crippen LogP contribution in [0.2, 0.25) is 0 Å². The molecule has 0 saturated carbocycles. The lowest BCUT2D eigenvalue weighted by atomic mass is 10.1. The predicted molar refractivity (Wildman–Crippen MR) is 134 cm³/mol. The second kappa shape index (κ2) is 9.91. The van der Waals surface area contributed by atoms with Gasteiger partial charge in [0.25, 0.3) is 10.0 Å². The zero-order valence-electron chi connectivity index (χ0n) is 19.2. The van der Waals surface area contributed by atoms with Crippen molar-refractivity contribution in [1.82, 2.24) is 4.31 Å². The molecule has 0 spiro atoms. The highest BCUT2D eigenvalue weighted by Crippen LogP contribution is 2.30. The van der Waals surface area contributed by atoms with E-state index in [-0.39, 0.29) is 28.6 Å². The Morgan fingerprint density at radius 1 is 0.853 bits per heavy atom. The van der Waals surface area contributed by atoms with Crippen molar-refractivity contribution < 1.29 is 21.6 Å². The molecule has 8 nitrogen and oxygen atoms in total. The number of nitrogens with zero attached hydrogens (tertiary/aromatic N) is 1. The molecule has 1 heterocycles. The highest BCUT2D eigenvalue weighted by atomic mass is 32.2. The first-order chi connectivity index (χ1) is 16.2. The zero-order valence-corrected chi connectivity index (χ0v) is 20.8. The van der Waals surface area contributed by atoms with E-state index < -0.39 is 20.0 Å². The van der Waals surface area contributed by atoms with Gasteiger partial charge in [-0.3, -0.25) is 4.72 Å². The Bertz CT molecular complexity index is 1380. The molecule has 1 fully saturated rings. The van der Waals surface area contributed by atoms with Gasteiger partial charge < -0.3 is 10.1 Å². The van der Waals surface area contributed by atoms with Crippen LogP contribution in [0, 0.1) is 5.92 Å². The Morgan fingerprint density at radius 3 is 2.24 bits per heavy atom. The number of rotatable bonds is 8. The van der Waals surface area contributed by atoms with E-state index >= 15 is 0 Å². The Labute approximate surface area is 201 Å². The molecule has 3 aromatic rings. The lowest BCUT2D eigenvalue weighted by Gasteiger charge is -2.26. The van der Waals surface area contributed by atoms with Gasteiger partial charge in [0.05, 0.1) is 34.4 Å². The first kappa shape index (κ1) is 24.5. The molecule has 1 saturated heterocycles. The van der Waals surface area contributed by atoms with Gasteiger partial charge in [-0.15, -0.1) is 0 Å². The van der Waals surface area contributed by atoms with E-state index in [9.17, 15) is 16.8 Å². The molecular weight excluding hydrogens is 474 g/mol. The molecule has 10 heteroatoms. The zero-order chi connectivity index (χ0) is 24.3. The minimum atomic E-state index is -3.97. The van der Waals surface area contributed by atoms with Crippen LogP contribution in [0.5, 0.6) is 0 Å². The van der Waals surface area contributed by atoms with Crippen LogP contribution in [-0.4, -0.2) is 54.0 Å². The third kappa shape index (κ3) is 5.35. The molecule has 0 aromatic heterocycles. The van der Waals surface area contributed by atoms with Crippen molar-refractivity contribution in [3.05, 3.63) is 60.7 Å². The number of hydrogen-bond acceptors (Lipinski definition) is 6. The van der Waals surface area contributed by atoms with Crippen LogP contribution >= 0.6 is 0 Å². The summed E-state index contributed by atoms with van der Waals surface area (Å²) in [5.74, 6) is 0.307. The van der Waals surface area contributed by atoms with E-state index in [0.29, 0.717) is 31.4 Å². The van der Waals surface area contributed by atoms with Crippen LogP contribution in [0.25, 0.3) is 10.8 Å². The molecule has 182 valence electrons. The second-order valence-corrected chi connectivity index (χ2v) is 12.2. The Kier molecular flexibility index (Phi) is 7.13. The maximum atomic E-state index is 13.3. The summed E-state index contributed by atoms with van der Waals surface area (Å²) in [6, 6.07) is 16.9. The molecule has 1 aliphatic rings. The van der Waals surface area contributed by atoms with E-state index in [1.165, 1.54) is 16.4 Å². The Hall–Kier alpha value is -2.66. The van der Waals surface area contributed by atoms with Crippen LogP contribution in [0.1, 0.15) is 13.8 Å². The van der Waals surface area contributed by atoms with Gasteiger partial charge in [-0.1, -0.05) is 44.2 Å². The number of benzene rings is 3. The first-order valence-electron chi connectivity index (χ1n) is 11.1. The minimum absolute atomic E-state index is 0.0284. The summed E-state index contributed by atoms with van der Waals surface area (Å²) >= 11 is 0. The lowest BCUT2D eigenvalue weighted by molar-refractivity contribution is 0.0730. The van der Waals surface area contributed by atoms with Crippen LogP contribution in [-0.2, 0) is 24.8 Å². The highest BCUT2D eigenvalue weighted by Gasteiger charge is 2.28. The monoisotopic (exact) mass is 503 g/mol. The highest BCUT2D eigenvalue weighted by molar-refractivity contribution is 7.92. The third-order valence-electron chi connectivity index (χ3n) is 5.58. The van der Waals surface area contributed by atoms with Crippen molar-refractivity contribution in [1.29, 1.82) is 0 Å². The fraction of sp³-hybridized carbons (Fsp3) is 0.333. The normalized spacial score (nSPS) is 15.5. The van der Waals surface area contributed by atoms with Crippen molar-refractivity contribution in [3.63, 3.8) is 0 Å². The van der Waals surface area contributed by atoms with E-state index in [2.05, 4.69) is 10.0 Å². The van der Waals surface area contributed by atoms with E-state index in [4.69, 9.17) is 4.74 Å². The number of nitrogens with one attached hydrogen (secondary N) is 2. The van der Waals surface area contributed by atoms with Gasteiger partial charge in [0.2, 0.25) is 10.0 Å². The topological polar surface area (TPSA) is 105 Å². The van der Waals surface area contributed by atoms with Crippen molar-refractivity contribution in [3.8, 4) is 0 Å². The molecule has 0 radical (unpaired) electrons. The average molecular weight is 504 g/mol. The van der Waals surface area contributed by atoms with Gasteiger partial charge in [0.15, 0.2) is 0 Å². The number of ether oxygens (including phenoxy) is 1. The van der Waals surface area contributed by atoms with Gasteiger partial charge in [-0.2, -0.15) is 4.31 Å². The van der Waals surface area contributed by atoms with Crippen LogP contribution in [0.4, 0.5) is 11.4 Å². The molecule has 0 amide bonds. The smallest absolute Gasteiger partial charge is 0.261 e. The van der Waals surface area contributed by atoms with Gasteiger partial charge in [0, 0.05) is 19.6 Å². The number of anilines is 2. The molecule has 34 heavy (non-hydrogen) atoms. The summed E-state index contributed by atoms with van der Waals surface area (Å²) in [4.78, 5) is 0.128. The summed E-state index contributed by atoms with van der Waals surface area (Å²) in [7, 11) is -7.76. The van der Waals surface area contributed by atoms with Crippen LogP contribution in [0.15, 0.2) is 70.5 Å². The maximum absolute atomic E-state index is 13.3. The summed E-state index contributed by atoms with van der Waals surface area (Å²) < 4.78 is 62.1. The van der Waals surface area contributed by atoms with Gasteiger partial charge >= 0.3 is 0 Å². The third-order valence-corrected chi connectivity index (χ3v) is 8.83. The van der Waals surface area contributed by atoms with E-state index in [0.717, 1.165) is 10.8 Å². The molecular formula is C24H29N3O5S2. The average Bonchev–Trinajstić information content (AvgIpc) is 2.83. The van der Waals surface area contributed by atoms with Crippen LogP contribution in [0.3, 0.4) is 0 Å². The molecule has 0 atom stereocenters. The first-order valence-corrected chi connectivity index (χ1v) is 14.1. The van der Waals surface area contributed by atoms with Crippen molar-refractivity contribution in [2.75, 3.05) is 42.9 Å². The quantitative estimate of drug-likeness (QED) is 0.485. The minimum Gasteiger partial charge on any atom is -0.383 e. The van der Waals surface area contributed by atoms with Gasteiger partial charge in [-0.25, -0.2) is 16.8 Å². The maximum Gasteiger partial charge on any atom is 0.261 e. The number of sulfonamides is 2. The van der Waals surface area contributed by atoms with Crippen molar-refractivity contribution in [2.24, 2.45) is 5.92 Å². The molecule has 0 bridgehead atoms. The number of morpholine rings is 1. The molecule has 0 aliphatic carbocycles. The summed E-state index contributed by atoms with van der Waals surface area (Å²) in [5, 5.41) is 4.95. The molecule has 3 aromatic carbocycles. The Balaban J connectivity index is 1.71. The second-order valence-electron chi connectivity index (χ2n) is 8.61. The predicted octanol–water partition coefficient (Wildman–Crippen LogP) is 3.73. The Morgan fingerprint density at radius 2 is 1.53 bits per heavy atom. The van der Waals surface area contributed by atoms with Gasteiger partial charge in [-0.05, 0) is 47.0 Å². The molecule has 2 N–H and O–H groups in total. The fourth-order valence-corrected chi connectivity index (χ4v) is 6.25. The molecule has 4 rings (SSSR count). The SMILES string of the molecule is CC(C)CNc1ccc(S(=O)(=O)N2CCOCC2)cc1NS(=O)(=O)c1ccc2ccccc2c1. The molecule has 0 unspecified atom stereocenters. The van der Waals surface area contributed by atoms with Crippen LogP contribution < -0.4 is 10.0 Å². The standard InChI is InChI=1S/C24H29N3O5S2/c1-18(2)17-25-23-10-9-22(34(30,31)27-11-13-32-14-12-27)16-24(23)26-33(28,29)21-8-7-19-5-3-4-6-20(19)15-21/h3-10,15-16,18,25-26H,11-14,17H2,1-2H3. The van der Waals surface area contributed by atoms with E-state index in [1.54, 1.807) is 24.3 Å².